The predicted molar refractivity (Wildman–Crippen MR) is 69.1 cm³/mol. The summed E-state index contributed by atoms with van der Waals surface area (Å²) >= 11 is 0. The zero-order valence-corrected chi connectivity index (χ0v) is 11.0. The van der Waals surface area contributed by atoms with E-state index in [0.717, 1.165) is 0 Å². The highest BCUT2D eigenvalue weighted by Crippen LogP contribution is 2.17. The third-order valence-electron chi connectivity index (χ3n) is 2.99. The Bertz CT molecular complexity index is 724. The SMILES string of the molecule is CCOC(=O)C(=O)c1cccc2c1n(C)c(=O)n2C. The van der Waals surface area contributed by atoms with Gasteiger partial charge in [-0.15, -0.1) is 0 Å². The van der Waals surface area contributed by atoms with Crippen molar-refractivity contribution in [2.75, 3.05) is 6.61 Å². The fourth-order valence-electron chi connectivity index (χ4n) is 2.07. The lowest BCUT2D eigenvalue weighted by atomic mass is 10.1. The fourth-order valence-corrected chi connectivity index (χ4v) is 2.07. The number of carbonyl (C=O) groups is 2. The molecule has 1 heterocycles. The maximum absolute atomic E-state index is 12.0. The van der Waals surface area contributed by atoms with Gasteiger partial charge in [0.05, 0.1) is 23.2 Å². The number of rotatable bonds is 3. The van der Waals surface area contributed by atoms with Crippen LogP contribution in [-0.4, -0.2) is 27.5 Å². The highest BCUT2D eigenvalue weighted by molar-refractivity contribution is 6.42. The molecule has 0 saturated carbocycles. The molecule has 1 aromatic carbocycles. The Morgan fingerprint density at radius 1 is 1.21 bits per heavy atom. The summed E-state index contributed by atoms with van der Waals surface area (Å²) in [6.07, 6.45) is 0. The largest absolute Gasteiger partial charge is 0.460 e. The predicted octanol–water partition coefficient (Wildman–Crippen LogP) is 0.623. The first-order chi connectivity index (χ1) is 8.99. The lowest BCUT2D eigenvalue weighted by Gasteiger charge is -2.04. The molecule has 1 aromatic heterocycles. The summed E-state index contributed by atoms with van der Waals surface area (Å²) in [6.45, 7) is 1.76. The van der Waals surface area contributed by atoms with Crippen molar-refractivity contribution in [2.45, 2.75) is 6.92 Å². The zero-order valence-electron chi connectivity index (χ0n) is 11.0. The third kappa shape index (κ3) is 1.95. The van der Waals surface area contributed by atoms with Gasteiger partial charge in [0, 0.05) is 14.1 Å². The first-order valence-electron chi connectivity index (χ1n) is 5.85. The van der Waals surface area contributed by atoms with E-state index in [1.807, 2.05) is 0 Å². The molecule has 0 radical (unpaired) electrons. The molecule has 6 nitrogen and oxygen atoms in total. The minimum Gasteiger partial charge on any atom is -0.460 e. The van der Waals surface area contributed by atoms with Gasteiger partial charge in [0.25, 0.3) is 5.78 Å². The second-order valence-corrected chi connectivity index (χ2v) is 4.12. The van der Waals surface area contributed by atoms with Gasteiger partial charge in [0.1, 0.15) is 0 Å². The number of Topliss-reactive ketones (excluding diaryl/α,β-unsaturated/α-hetero) is 1. The van der Waals surface area contributed by atoms with Gasteiger partial charge >= 0.3 is 11.7 Å². The van der Waals surface area contributed by atoms with Crippen LogP contribution in [0, 0.1) is 0 Å². The number of ketones is 1. The molecule has 0 fully saturated rings. The number of imidazole rings is 1. The monoisotopic (exact) mass is 262 g/mol. The van der Waals surface area contributed by atoms with Crippen molar-refractivity contribution in [1.29, 1.82) is 0 Å². The molecule has 0 saturated heterocycles. The number of aryl methyl sites for hydroxylation is 2. The fraction of sp³-hybridized carbons (Fsp3) is 0.308. The second-order valence-electron chi connectivity index (χ2n) is 4.12. The maximum atomic E-state index is 12.0. The summed E-state index contributed by atoms with van der Waals surface area (Å²) in [4.78, 5) is 35.4. The van der Waals surface area contributed by atoms with E-state index < -0.39 is 11.8 Å². The zero-order chi connectivity index (χ0) is 14.2. The van der Waals surface area contributed by atoms with E-state index >= 15 is 0 Å². The number of nitrogens with zero attached hydrogens (tertiary/aromatic N) is 2. The summed E-state index contributed by atoms with van der Waals surface area (Å²) in [6, 6.07) is 4.87. The van der Waals surface area contributed by atoms with Crippen LogP contribution in [0.3, 0.4) is 0 Å². The maximum Gasteiger partial charge on any atom is 0.379 e. The van der Waals surface area contributed by atoms with E-state index in [9.17, 15) is 14.4 Å². The van der Waals surface area contributed by atoms with Gasteiger partial charge in [-0.05, 0) is 19.1 Å². The quantitative estimate of drug-likeness (QED) is 0.462. The normalized spacial score (nSPS) is 10.7. The first-order valence-corrected chi connectivity index (χ1v) is 5.85. The average Bonchev–Trinajstić information content (AvgIpc) is 2.63. The van der Waals surface area contributed by atoms with Crippen molar-refractivity contribution < 1.29 is 14.3 Å². The van der Waals surface area contributed by atoms with Gasteiger partial charge in [-0.25, -0.2) is 9.59 Å². The van der Waals surface area contributed by atoms with E-state index in [4.69, 9.17) is 4.74 Å². The van der Waals surface area contributed by atoms with Crippen molar-refractivity contribution in [1.82, 2.24) is 9.13 Å². The Kier molecular flexibility index (Phi) is 3.25. The summed E-state index contributed by atoms with van der Waals surface area (Å²) in [5.41, 5.74) is 0.964. The Morgan fingerprint density at radius 3 is 2.53 bits per heavy atom. The van der Waals surface area contributed by atoms with Crippen molar-refractivity contribution in [2.24, 2.45) is 14.1 Å². The molecule has 19 heavy (non-hydrogen) atoms. The van der Waals surface area contributed by atoms with Crippen molar-refractivity contribution in [3.63, 3.8) is 0 Å². The molecule has 0 aliphatic rings. The molecular weight excluding hydrogens is 248 g/mol. The Balaban J connectivity index is 2.69. The molecule has 6 heteroatoms. The van der Waals surface area contributed by atoms with Gasteiger partial charge in [-0.1, -0.05) is 6.07 Å². The highest BCUT2D eigenvalue weighted by Gasteiger charge is 2.22. The van der Waals surface area contributed by atoms with Crippen LogP contribution >= 0.6 is 0 Å². The van der Waals surface area contributed by atoms with E-state index in [-0.39, 0.29) is 17.9 Å². The molecule has 2 rings (SSSR count). The molecule has 0 aliphatic heterocycles. The molecule has 0 amide bonds. The lowest BCUT2D eigenvalue weighted by Crippen LogP contribution is -2.21. The summed E-state index contributed by atoms with van der Waals surface area (Å²) in [5, 5.41) is 0. The number of esters is 1. The summed E-state index contributed by atoms with van der Waals surface area (Å²) in [7, 11) is 3.18. The number of carbonyl (C=O) groups excluding carboxylic acids is 2. The number of hydrogen-bond acceptors (Lipinski definition) is 4. The van der Waals surface area contributed by atoms with Crippen LogP contribution in [-0.2, 0) is 23.6 Å². The van der Waals surface area contributed by atoms with E-state index in [1.165, 1.54) is 15.2 Å². The van der Waals surface area contributed by atoms with Gasteiger partial charge in [0.15, 0.2) is 0 Å². The Morgan fingerprint density at radius 2 is 1.89 bits per heavy atom. The topological polar surface area (TPSA) is 70.3 Å². The van der Waals surface area contributed by atoms with Crippen molar-refractivity contribution in [3.8, 4) is 0 Å². The molecule has 0 aliphatic carbocycles. The third-order valence-corrected chi connectivity index (χ3v) is 2.99. The molecular formula is C13H14N2O4. The highest BCUT2D eigenvalue weighted by atomic mass is 16.5. The number of fused-ring (bicyclic) bond motifs is 1. The Hall–Kier alpha value is -2.37. The minimum atomic E-state index is -0.911. The molecule has 2 aromatic rings. The van der Waals surface area contributed by atoms with Crippen molar-refractivity contribution in [3.05, 3.63) is 34.2 Å². The van der Waals surface area contributed by atoms with E-state index in [1.54, 1.807) is 33.2 Å². The minimum absolute atomic E-state index is 0.133. The lowest BCUT2D eigenvalue weighted by molar-refractivity contribution is -0.137. The van der Waals surface area contributed by atoms with E-state index in [2.05, 4.69) is 0 Å². The smallest absolute Gasteiger partial charge is 0.379 e. The van der Waals surface area contributed by atoms with Crippen molar-refractivity contribution >= 4 is 22.8 Å². The number of hydrogen-bond donors (Lipinski definition) is 0. The molecule has 0 bridgehead atoms. The van der Waals surface area contributed by atoms with Crippen LogP contribution in [0.15, 0.2) is 23.0 Å². The van der Waals surface area contributed by atoms with Gasteiger partial charge in [-0.2, -0.15) is 0 Å². The van der Waals surface area contributed by atoms with E-state index in [0.29, 0.717) is 11.0 Å². The van der Waals surface area contributed by atoms with Crippen LogP contribution < -0.4 is 5.69 Å². The summed E-state index contributed by atoms with van der Waals surface area (Å²) < 4.78 is 7.48. The number of ether oxygens (including phenoxy) is 1. The molecule has 0 atom stereocenters. The second kappa shape index (κ2) is 4.72. The van der Waals surface area contributed by atoms with Crippen LogP contribution in [0.5, 0.6) is 0 Å². The number of benzene rings is 1. The molecule has 100 valence electrons. The van der Waals surface area contributed by atoms with Crippen LogP contribution in [0.4, 0.5) is 0 Å². The van der Waals surface area contributed by atoms with Gasteiger partial charge < -0.3 is 4.74 Å². The van der Waals surface area contributed by atoms with Gasteiger partial charge in [-0.3, -0.25) is 13.9 Å². The summed E-state index contributed by atoms with van der Waals surface area (Å²) in [5.74, 6) is -1.65. The molecule has 0 unspecified atom stereocenters. The number of para-hydroxylation sites is 1. The molecule has 0 spiro atoms. The Labute approximate surface area is 109 Å². The average molecular weight is 262 g/mol. The number of aromatic nitrogens is 2. The van der Waals surface area contributed by atoms with Crippen LogP contribution in [0.25, 0.3) is 11.0 Å². The standard InChI is InChI=1S/C13H14N2O4/c1-4-19-12(17)11(16)8-6-5-7-9-10(8)15(3)13(18)14(9)2/h5-7H,4H2,1-3H3. The van der Waals surface area contributed by atoms with Crippen LogP contribution in [0.1, 0.15) is 17.3 Å². The van der Waals surface area contributed by atoms with Gasteiger partial charge in [0.2, 0.25) is 0 Å². The van der Waals surface area contributed by atoms with Crippen LogP contribution in [0.2, 0.25) is 0 Å². The molecule has 0 N–H and O–H groups in total. The first kappa shape index (κ1) is 13.1.